The molecule has 0 atom stereocenters. The van der Waals surface area contributed by atoms with E-state index in [1.54, 1.807) is 11.3 Å². The molecule has 11 rings (SSSR count). The zero-order chi connectivity index (χ0) is 36.3. The van der Waals surface area contributed by atoms with E-state index in [0.29, 0.717) is 17.5 Å². The summed E-state index contributed by atoms with van der Waals surface area (Å²) in [5.74, 6) is 1.94. The summed E-state index contributed by atoms with van der Waals surface area (Å²) in [5.41, 5.74) is 7.36. The highest BCUT2D eigenvalue weighted by molar-refractivity contribution is 7.26. The SMILES string of the molecule is c1ccc(-c2ccc3ccccc3c2-c2nc(-c3c(-c4ccc5ccccc5c4)ccc4ccccc34)nc(-c3cccc4c3sc3ccccc34)n2)cc1. The summed E-state index contributed by atoms with van der Waals surface area (Å²) in [6.07, 6.45) is 0. The average molecular weight is 718 g/mol. The number of aromatic nitrogens is 3. The van der Waals surface area contributed by atoms with Crippen molar-refractivity contribution in [2.24, 2.45) is 0 Å². The first-order chi connectivity index (χ1) is 27.3. The molecule has 0 aliphatic rings. The number of hydrogen-bond acceptors (Lipinski definition) is 4. The lowest BCUT2D eigenvalue weighted by molar-refractivity contribution is 1.08. The van der Waals surface area contributed by atoms with Crippen molar-refractivity contribution in [3.63, 3.8) is 0 Å². The molecule has 2 heterocycles. The summed E-state index contributed by atoms with van der Waals surface area (Å²) >= 11 is 1.79. The van der Waals surface area contributed by atoms with Gasteiger partial charge in [0.2, 0.25) is 0 Å². The third-order valence-corrected chi connectivity index (χ3v) is 12.0. The van der Waals surface area contributed by atoms with Gasteiger partial charge in [0.1, 0.15) is 0 Å². The molecule has 0 unspecified atom stereocenters. The fourth-order valence-electron chi connectivity index (χ4n) is 8.12. The second kappa shape index (κ2) is 12.8. The predicted octanol–water partition coefficient (Wildman–Crippen LogP) is 14.0. The van der Waals surface area contributed by atoms with E-state index in [2.05, 4.69) is 188 Å². The molecule has 55 heavy (non-hydrogen) atoms. The van der Waals surface area contributed by atoms with Gasteiger partial charge in [-0.1, -0.05) is 170 Å². The molecule has 2 aromatic heterocycles. The van der Waals surface area contributed by atoms with E-state index in [9.17, 15) is 0 Å². The molecule has 11 aromatic rings. The fraction of sp³-hybridized carbons (Fsp3) is 0. The minimum Gasteiger partial charge on any atom is -0.208 e. The van der Waals surface area contributed by atoms with Crippen molar-refractivity contribution in [1.29, 1.82) is 0 Å². The standard InChI is InChI=1S/C51H31N3S/c1-2-14-33(15-3-1)40-29-27-34-16-6-8-19-38(34)46(40)50-52-49(44-23-12-22-43-42-21-10-11-24-45(42)55-48(43)44)53-51(54-50)47-39-20-9-7-17-35(39)28-30-41(47)37-26-25-32-13-4-5-18-36(32)31-37/h1-31H. The van der Waals surface area contributed by atoms with Crippen LogP contribution in [-0.2, 0) is 0 Å². The van der Waals surface area contributed by atoms with Gasteiger partial charge in [-0.05, 0) is 72.8 Å². The molecule has 0 saturated heterocycles. The Bertz CT molecular complexity index is 3270. The molecular weight excluding hydrogens is 687 g/mol. The Morgan fingerprint density at radius 3 is 1.55 bits per heavy atom. The number of rotatable bonds is 5. The average Bonchev–Trinajstić information content (AvgIpc) is 3.64. The van der Waals surface area contributed by atoms with Crippen molar-refractivity contribution in [2.45, 2.75) is 0 Å². The van der Waals surface area contributed by atoms with Crippen LogP contribution in [0.25, 0.3) is 109 Å². The number of fused-ring (bicyclic) bond motifs is 6. The molecule has 0 saturated carbocycles. The van der Waals surface area contributed by atoms with Gasteiger partial charge in [-0.2, -0.15) is 0 Å². The molecule has 4 heteroatoms. The maximum atomic E-state index is 5.54. The minimum absolute atomic E-state index is 0.644. The van der Waals surface area contributed by atoms with Crippen LogP contribution in [-0.4, -0.2) is 15.0 Å². The van der Waals surface area contributed by atoms with Crippen LogP contribution in [0.15, 0.2) is 188 Å². The van der Waals surface area contributed by atoms with Crippen LogP contribution in [0.1, 0.15) is 0 Å². The topological polar surface area (TPSA) is 38.7 Å². The highest BCUT2D eigenvalue weighted by atomic mass is 32.1. The van der Waals surface area contributed by atoms with Gasteiger partial charge in [0.25, 0.3) is 0 Å². The monoisotopic (exact) mass is 717 g/mol. The number of thiophene rings is 1. The molecule has 0 bridgehead atoms. The zero-order valence-electron chi connectivity index (χ0n) is 29.6. The van der Waals surface area contributed by atoms with Gasteiger partial charge in [0, 0.05) is 36.9 Å². The minimum atomic E-state index is 0.644. The quantitative estimate of drug-likeness (QED) is 0.178. The molecule has 9 aromatic carbocycles. The number of nitrogens with zero attached hydrogens (tertiary/aromatic N) is 3. The van der Waals surface area contributed by atoms with E-state index in [1.165, 1.54) is 30.9 Å². The summed E-state index contributed by atoms with van der Waals surface area (Å²) < 4.78 is 2.41. The Kier molecular flexibility index (Phi) is 7.35. The van der Waals surface area contributed by atoms with E-state index in [-0.39, 0.29) is 0 Å². The van der Waals surface area contributed by atoms with Crippen molar-refractivity contribution in [3.8, 4) is 56.4 Å². The Morgan fingerprint density at radius 1 is 0.309 bits per heavy atom. The van der Waals surface area contributed by atoms with Gasteiger partial charge < -0.3 is 0 Å². The van der Waals surface area contributed by atoms with Gasteiger partial charge in [-0.15, -0.1) is 11.3 Å². The van der Waals surface area contributed by atoms with Gasteiger partial charge in [0.15, 0.2) is 17.5 Å². The lowest BCUT2D eigenvalue weighted by Gasteiger charge is -2.17. The molecule has 0 fully saturated rings. The summed E-state index contributed by atoms with van der Waals surface area (Å²) in [7, 11) is 0. The Labute approximate surface area is 321 Å². The van der Waals surface area contributed by atoms with Crippen molar-refractivity contribution in [2.75, 3.05) is 0 Å². The molecule has 0 aliphatic heterocycles. The van der Waals surface area contributed by atoms with Crippen LogP contribution < -0.4 is 0 Å². The number of benzene rings is 9. The first-order valence-corrected chi connectivity index (χ1v) is 19.3. The molecule has 0 aliphatic carbocycles. The second-order valence-electron chi connectivity index (χ2n) is 13.9. The maximum absolute atomic E-state index is 5.54. The van der Waals surface area contributed by atoms with Crippen molar-refractivity contribution >= 4 is 63.8 Å². The van der Waals surface area contributed by atoms with Gasteiger partial charge in [-0.25, -0.2) is 15.0 Å². The lowest BCUT2D eigenvalue weighted by Crippen LogP contribution is -2.03. The molecular formula is C51H31N3S. The van der Waals surface area contributed by atoms with Crippen LogP contribution in [0.3, 0.4) is 0 Å². The maximum Gasteiger partial charge on any atom is 0.165 e. The Balaban J connectivity index is 1.27. The van der Waals surface area contributed by atoms with E-state index >= 15 is 0 Å². The summed E-state index contributed by atoms with van der Waals surface area (Å²) in [6, 6.07) is 66.9. The fourth-order valence-corrected chi connectivity index (χ4v) is 9.34. The van der Waals surface area contributed by atoms with E-state index in [4.69, 9.17) is 15.0 Å². The number of hydrogen-bond donors (Lipinski definition) is 0. The van der Waals surface area contributed by atoms with E-state index in [1.807, 2.05) is 0 Å². The van der Waals surface area contributed by atoms with Gasteiger partial charge >= 0.3 is 0 Å². The van der Waals surface area contributed by atoms with Crippen LogP contribution in [0, 0.1) is 0 Å². The van der Waals surface area contributed by atoms with Crippen molar-refractivity contribution in [3.05, 3.63) is 188 Å². The summed E-state index contributed by atoms with van der Waals surface area (Å²) in [6.45, 7) is 0. The third kappa shape index (κ3) is 5.30. The van der Waals surface area contributed by atoms with Gasteiger partial charge in [0.05, 0.1) is 0 Å². The Hall–Kier alpha value is -7.01. The van der Waals surface area contributed by atoms with E-state index in [0.717, 1.165) is 60.5 Å². The van der Waals surface area contributed by atoms with Crippen LogP contribution in [0.2, 0.25) is 0 Å². The van der Waals surface area contributed by atoms with Crippen LogP contribution in [0.4, 0.5) is 0 Å². The molecule has 256 valence electrons. The molecule has 0 N–H and O–H groups in total. The lowest BCUT2D eigenvalue weighted by atomic mass is 9.92. The second-order valence-corrected chi connectivity index (χ2v) is 15.0. The van der Waals surface area contributed by atoms with Crippen LogP contribution in [0.5, 0.6) is 0 Å². The van der Waals surface area contributed by atoms with Crippen molar-refractivity contribution in [1.82, 2.24) is 15.0 Å². The first-order valence-electron chi connectivity index (χ1n) is 18.5. The Morgan fingerprint density at radius 2 is 0.836 bits per heavy atom. The third-order valence-electron chi connectivity index (χ3n) is 10.7. The zero-order valence-corrected chi connectivity index (χ0v) is 30.5. The summed E-state index contributed by atoms with van der Waals surface area (Å²) in [5, 5.41) is 9.31. The summed E-state index contributed by atoms with van der Waals surface area (Å²) in [4.78, 5) is 16.5. The van der Waals surface area contributed by atoms with E-state index < -0.39 is 0 Å². The molecule has 0 amide bonds. The first kappa shape index (κ1) is 31.5. The van der Waals surface area contributed by atoms with Crippen molar-refractivity contribution < 1.29 is 0 Å². The largest absolute Gasteiger partial charge is 0.208 e. The normalized spacial score (nSPS) is 11.6. The smallest absolute Gasteiger partial charge is 0.165 e. The highest BCUT2D eigenvalue weighted by Gasteiger charge is 2.23. The predicted molar refractivity (Wildman–Crippen MR) is 232 cm³/mol. The van der Waals surface area contributed by atoms with Gasteiger partial charge in [-0.3, -0.25) is 0 Å². The van der Waals surface area contributed by atoms with Crippen LogP contribution >= 0.6 is 11.3 Å². The highest BCUT2D eigenvalue weighted by Crippen LogP contribution is 2.44. The molecule has 3 nitrogen and oxygen atoms in total. The molecule has 0 spiro atoms. The molecule has 0 radical (unpaired) electrons.